The van der Waals surface area contributed by atoms with E-state index in [1.54, 1.807) is 24.3 Å². The fourth-order valence-corrected chi connectivity index (χ4v) is 1.49. The van der Waals surface area contributed by atoms with Crippen LogP contribution in [-0.4, -0.2) is 10.9 Å². The molecular weight excluding hydrogens is 207 g/mol. The molecule has 0 fully saturated rings. The molecule has 0 radical (unpaired) electrons. The highest BCUT2D eigenvalue weighted by Crippen LogP contribution is 2.22. The third-order valence-electron chi connectivity index (χ3n) is 2.19. The smallest absolute Gasteiger partial charge is 0.253 e. The molecule has 2 aromatic rings. The van der Waals surface area contributed by atoms with Gasteiger partial charge in [-0.05, 0) is 6.07 Å². The lowest BCUT2D eigenvalue weighted by molar-refractivity contribution is 0.0997. The molecule has 3 nitrogen and oxygen atoms in total. The van der Waals surface area contributed by atoms with Gasteiger partial charge < -0.3 is 5.73 Å². The summed E-state index contributed by atoms with van der Waals surface area (Å²) in [6.45, 7) is 0. The number of aromatic nitrogens is 1. The monoisotopic (exact) mass is 216 g/mol. The van der Waals surface area contributed by atoms with E-state index in [9.17, 15) is 9.18 Å². The van der Waals surface area contributed by atoms with Crippen molar-refractivity contribution in [2.45, 2.75) is 0 Å². The minimum Gasteiger partial charge on any atom is -0.365 e. The Morgan fingerprint density at radius 1 is 1.19 bits per heavy atom. The number of pyridine rings is 1. The number of hydrogen-bond acceptors (Lipinski definition) is 2. The molecule has 0 saturated heterocycles. The number of nitrogens with zero attached hydrogens (tertiary/aromatic N) is 1. The van der Waals surface area contributed by atoms with E-state index >= 15 is 0 Å². The van der Waals surface area contributed by atoms with Crippen molar-refractivity contribution < 1.29 is 9.18 Å². The van der Waals surface area contributed by atoms with Gasteiger partial charge in [0.25, 0.3) is 5.91 Å². The third-order valence-corrected chi connectivity index (χ3v) is 2.19. The average molecular weight is 216 g/mol. The van der Waals surface area contributed by atoms with Gasteiger partial charge in [-0.15, -0.1) is 0 Å². The second kappa shape index (κ2) is 4.10. The quantitative estimate of drug-likeness (QED) is 0.834. The Morgan fingerprint density at radius 3 is 2.50 bits per heavy atom. The van der Waals surface area contributed by atoms with E-state index in [1.165, 1.54) is 6.20 Å². The maximum Gasteiger partial charge on any atom is 0.253 e. The van der Waals surface area contributed by atoms with Gasteiger partial charge >= 0.3 is 0 Å². The molecule has 80 valence electrons. The van der Waals surface area contributed by atoms with Crippen molar-refractivity contribution in [1.82, 2.24) is 4.98 Å². The first-order valence-corrected chi connectivity index (χ1v) is 4.70. The maximum absolute atomic E-state index is 13.4. The standard InChI is InChI=1S/C12H9FN2O/c13-9-6-7-15-11(10(9)12(14)16)8-4-2-1-3-5-8/h1-7H,(H2,14,16). The average Bonchev–Trinajstić information content (AvgIpc) is 2.29. The molecule has 0 bridgehead atoms. The highest BCUT2D eigenvalue weighted by Gasteiger charge is 2.15. The summed E-state index contributed by atoms with van der Waals surface area (Å²) >= 11 is 0. The Bertz CT molecular complexity index is 526. The van der Waals surface area contributed by atoms with Crippen LogP contribution in [0.5, 0.6) is 0 Å². The Morgan fingerprint density at radius 2 is 1.88 bits per heavy atom. The van der Waals surface area contributed by atoms with Gasteiger partial charge in [-0.2, -0.15) is 0 Å². The van der Waals surface area contributed by atoms with Gasteiger partial charge in [-0.1, -0.05) is 30.3 Å². The highest BCUT2D eigenvalue weighted by molar-refractivity contribution is 5.99. The van der Waals surface area contributed by atoms with E-state index in [2.05, 4.69) is 4.98 Å². The number of hydrogen-bond donors (Lipinski definition) is 1. The highest BCUT2D eigenvalue weighted by atomic mass is 19.1. The van der Waals surface area contributed by atoms with E-state index in [-0.39, 0.29) is 11.3 Å². The molecule has 16 heavy (non-hydrogen) atoms. The molecule has 0 aliphatic carbocycles. The van der Waals surface area contributed by atoms with Crippen LogP contribution < -0.4 is 5.73 Å². The minimum atomic E-state index is -0.815. The second-order valence-electron chi connectivity index (χ2n) is 3.25. The predicted molar refractivity (Wildman–Crippen MR) is 58.1 cm³/mol. The summed E-state index contributed by atoms with van der Waals surface area (Å²) in [4.78, 5) is 15.1. The van der Waals surface area contributed by atoms with E-state index in [0.29, 0.717) is 5.56 Å². The number of amides is 1. The van der Waals surface area contributed by atoms with E-state index in [4.69, 9.17) is 5.73 Å². The van der Waals surface area contributed by atoms with Crippen LogP contribution in [0.3, 0.4) is 0 Å². The molecule has 4 heteroatoms. The zero-order valence-corrected chi connectivity index (χ0v) is 8.35. The Hall–Kier alpha value is -2.23. The zero-order valence-electron chi connectivity index (χ0n) is 8.35. The summed E-state index contributed by atoms with van der Waals surface area (Å²) in [5.74, 6) is -1.47. The number of benzene rings is 1. The molecule has 2 rings (SSSR count). The third kappa shape index (κ3) is 1.77. The van der Waals surface area contributed by atoms with Crippen molar-refractivity contribution in [3.05, 3.63) is 54.0 Å². The van der Waals surface area contributed by atoms with Gasteiger partial charge in [0.15, 0.2) is 0 Å². The SMILES string of the molecule is NC(=O)c1c(F)ccnc1-c1ccccc1. The van der Waals surface area contributed by atoms with Crippen LogP contribution in [0.2, 0.25) is 0 Å². The van der Waals surface area contributed by atoms with Crippen LogP contribution in [0.25, 0.3) is 11.3 Å². The van der Waals surface area contributed by atoms with Crippen LogP contribution in [0, 0.1) is 5.82 Å². The normalized spacial score (nSPS) is 10.1. The topological polar surface area (TPSA) is 56.0 Å². The van der Waals surface area contributed by atoms with Crippen molar-refractivity contribution in [2.75, 3.05) is 0 Å². The Labute approximate surface area is 91.7 Å². The maximum atomic E-state index is 13.4. The van der Waals surface area contributed by atoms with E-state index < -0.39 is 11.7 Å². The van der Waals surface area contributed by atoms with Crippen molar-refractivity contribution in [3.63, 3.8) is 0 Å². The first-order chi connectivity index (χ1) is 7.70. The predicted octanol–water partition coefficient (Wildman–Crippen LogP) is 1.99. The Kier molecular flexibility index (Phi) is 2.64. The van der Waals surface area contributed by atoms with Crippen LogP contribution >= 0.6 is 0 Å². The van der Waals surface area contributed by atoms with Gasteiger partial charge in [-0.3, -0.25) is 9.78 Å². The molecule has 2 N–H and O–H groups in total. The number of rotatable bonds is 2. The molecule has 1 amide bonds. The molecule has 0 atom stereocenters. The van der Waals surface area contributed by atoms with Crippen LogP contribution in [0.1, 0.15) is 10.4 Å². The fraction of sp³-hybridized carbons (Fsp3) is 0. The summed E-state index contributed by atoms with van der Waals surface area (Å²) in [5.41, 5.74) is 5.90. The molecule has 0 aliphatic heterocycles. The minimum absolute atomic E-state index is 0.172. The van der Waals surface area contributed by atoms with Gasteiger partial charge in [0.2, 0.25) is 0 Å². The lowest BCUT2D eigenvalue weighted by Gasteiger charge is -2.06. The summed E-state index contributed by atoms with van der Waals surface area (Å²) in [6.07, 6.45) is 1.31. The second-order valence-corrected chi connectivity index (χ2v) is 3.25. The zero-order chi connectivity index (χ0) is 11.5. The van der Waals surface area contributed by atoms with Gasteiger partial charge in [-0.25, -0.2) is 4.39 Å². The molecule has 1 heterocycles. The summed E-state index contributed by atoms with van der Waals surface area (Å²) in [7, 11) is 0. The number of carbonyl (C=O) groups is 1. The fourth-order valence-electron chi connectivity index (χ4n) is 1.49. The molecule has 0 unspecified atom stereocenters. The van der Waals surface area contributed by atoms with Crippen molar-refractivity contribution in [2.24, 2.45) is 5.73 Å². The summed E-state index contributed by atoms with van der Waals surface area (Å²) in [5, 5.41) is 0. The molecule has 1 aromatic heterocycles. The van der Waals surface area contributed by atoms with Gasteiger partial charge in [0, 0.05) is 11.8 Å². The van der Waals surface area contributed by atoms with Crippen LogP contribution in [-0.2, 0) is 0 Å². The number of primary amides is 1. The van der Waals surface area contributed by atoms with Gasteiger partial charge in [0.05, 0.1) is 5.69 Å². The summed E-state index contributed by atoms with van der Waals surface area (Å²) in [6, 6.07) is 10.0. The molecule has 0 aliphatic rings. The number of carbonyl (C=O) groups excluding carboxylic acids is 1. The molecular formula is C12H9FN2O. The first kappa shape index (κ1) is 10.3. The van der Waals surface area contributed by atoms with Crippen LogP contribution in [0.15, 0.2) is 42.6 Å². The van der Waals surface area contributed by atoms with Crippen molar-refractivity contribution >= 4 is 5.91 Å². The molecule has 0 spiro atoms. The molecule has 1 aromatic carbocycles. The summed E-state index contributed by atoms with van der Waals surface area (Å²) < 4.78 is 13.4. The van der Waals surface area contributed by atoms with Crippen molar-refractivity contribution in [1.29, 1.82) is 0 Å². The largest absolute Gasteiger partial charge is 0.365 e. The number of halogens is 1. The van der Waals surface area contributed by atoms with E-state index in [0.717, 1.165) is 6.07 Å². The lowest BCUT2D eigenvalue weighted by Crippen LogP contribution is -2.15. The van der Waals surface area contributed by atoms with Crippen LogP contribution in [0.4, 0.5) is 4.39 Å². The molecule has 0 saturated carbocycles. The van der Waals surface area contributed by atoms with Crippen molar-refractivity contribution in [3.8, 4) is 11.3 Å². The number of nitrogens with two attached hydrogens (primary N) is 1. The first-order valence-electron chi connectivity index (χ1n) is 4.70. The lowest BCUT2D eigenvalue weighted by atomic mass is 10.1. The van der Waals surface area contributed by atoms with E-state index in [1.807, 2.05) is 6.07 Å². The van der Waals surface area contributed by atoms with Gasteiger partial charge in [0.1, 0.15) is 11.4 Å². The Balaban J connectivity index is 2.66.